The first-order valence-corrected chi connectivity index (χ1v) is 4.36. The second-order valence-electron chi connectivity index (χ2n) is 3.34. The number of aryl methyl sites for hydroxylation is 2. The largest absolute Gasteiger partial charge is 0.477 e. The van der Waals surface area contributed by atoms with E-state index >= 15 is 0 Å². The molecule has 0 atom stereocenters. The monoisotopic (exact) mass is 206 g/mol. The van der Waals surface area contributed by atoms with Crippen LogP contribution in [0.4, 0.5) is 5.82 Å². The van der Waals surface area contributed by atoms with Gasteiger partial charge in [-0.05, 0) is 19.9 Å². The predicted molar refractivity (Wildman–Crippen MR) is 53.8 cm³/mol. The van der Waals surface area contributed by atoms with Gasteiger partial charge in [0.1, 0.15) is 5.56 Å². The Morgan fingerprint density at radius 3 is 2.80 bits per heavy atom. The second-order valence-corrected chi connectivity index (χ2v) is 3.34. The van der Waals surface area contributed by atoms with Crippen molar-refractivity contribution in [3.63, 3.8) is 0 Å². The van der Waals surface area contributed by atoms with Crippen molar-refractivity contribution < 1.29 is 9.90 Å². The van der Waals surface area contributed by atoms with Gasteiger partial charge in [-0.1, -0.05) is 0 Å². The number of fused-ring (bicyclic) bond motifs is 1. The highest BCUT2D eigenvalue weighted by Gasteiger charge is 2.19. The summed E-state index contributed by atoms with van der Waals surface area (Å²) in [5.74, 6) is -1.12. The molecule has 0 unspecified atom stereocenters. The van der Waals surface area contributed by atoms with Crippen molar-refractivity contribution in [3.8, 4) is 0 Å². The second kappa shape index (κ2) is 2.94. The normalized spacial score (nSPS) is 10.8. The quantitative estimate of drug-likeness (QED) is 0.713. The summed E-state index contributed by atoms with van der Waals surface area (Å²) in [7, 11) is 0. The number of aromatic carboxylic acids is 1. The summed E-state index contributed by atoms with van der Waals surface area (Å²) in [6, 6.07) is 1.81. The third kappa shape index (κ3) is 1.30. The summed E-state index contributed by atoms with van der Waals surface area (Å²) < 4.78 is 1.44. The number of nitrogens with zero attached hydrogens (tertiary/aromatic N) is 3. The zero-order valence-corrected chi connectivity index (χ0v) is 8.35. The molecule has 2 aromatic rings. The number of aromatic nitrogens is 3. The molecular formula is C9H10N4O2. The Labute approximate surface area is 85.3 Å². The van der Waals surface area contributed by atoms with Crippen LogP contribution < -0.4 is 5.73 Å². The van der Waals surface area contributed by atoms with Gasteiger partial charge in [0.25, 0.3) is 0 Å². The minimum atomic E-state index is -1.11. The van der Waals surface area contributed by atoms with Crippen molar-refractivity contribution in [1.82, 2.24) is 14.6 Å². The molecule has 0 saturated carbocycles. The Morgan fingerprint density at radius 1 is 1.53 bits per heavy atom. The van der Waals surface area contributed by atoms with Crippen molar-refractivity contribution >= 4 is 17.4 Å². The molecule has 0 aliphatic carbocycles. The van der Waals surface area contributed by atoms with Gasteiger partial charge in [0, 0.05) is 11.4 Å². The number of carboxylic acids is 1. The number of nitrogens with two attached hydrogens (primary N) is 1. The van der Waals surface area contributed by atoms with Crippen LogP contribution in [0.15, 0.2) is 6.07 Å². The smallest absolute Gasteiger partial charge is 0.343 e. The number of rotatable bonds is 1. The maximum atomic E-state index is 10.9. The Balaban J connectivity index is 2.93. The summed E-state index contributed by atoms with van der Waals surface area (Å²) in [4.78, 5) is 15.1. The van der Waals surface area contributed by atoms with Gasteiger partial charge in [-0.15, -0.1) is 5.10 Å². The van der Waals surface area contributed by atoms with Crippen LogP contribution in [0.25, 0.3) is 5.65 Å². The molecule has 78 valence electrons. The van der Waals surface area contributed by atoms with Gasteiger partial charge in [-0.3, -0.25) is 0 Å². The maximum Gasteiger partial charge on any atom is 0.343 e. The molecule has 2 aromatic heterocycles. The van der Waals surface area contributed by atoms with Crippen LogP contribution in [-0.4, -0.2) is 25.7 Å². The molecule has 0 aromatic carbocycles. The molecule has 0 aliphatic heterocycles. The SMILES string of the molecule is Cc1cc(C)n2nc(N)c(C(=O)O)c2n1. The molecule has 6 nitrogen and oxygen atoms in total. The highest BCUT2D eigenvalue weighted by molar-refractivity contribution is 5.99. The molecule has 0 saturated heterocycles. The summed E-state index contributed by atoms with van der Waals surface area (Å²) in [5.41, 5.74) is 7.31. The number of hydrogen-bond donors (Lipinski definition) is 2. The number of anilines is 1. The highest BCUT2D eigenvalue weighted by atomic mass is 16.4. The number of carboxylic acid groups (broad SMARTS) is 1. The minimum absolute atomic E-state index is 0.0105. The van der Waals surface area contributed by atoms with Gasteiger partial charge in [-0.25, -0.2) is 14.3 Å². The summed E-state index contributed by atoms with van der Waals surface area (Å²) in [6.45, 7) is 3.61. The number of hydrogen-bond acceptors (Lipinski definition) is 4. The lowest BCUT2D eigenvalue weighted by molar-refractivity contribution is 0.0700. The Morgan fingerprint density at radius 2 is 2.20 bits per heavy atom. The Hall–Kier alpha value is -2.11. The van der Waals surface area contributed by atoms with Crippen molar-refractivity contribution in [2.45, 2.75) is 13.8 Å². The van der Waals surface area contributed by atoms with Crippen LogP contribution in [0, 0.1) is 13.8 Å². The Bertz CT molecular complexity index is 559. The van der Waals surface area contributed by atoms with Gasteiger partial charge in [-0.2, -0.15) is 0 Å². The van der Waals surface area contributed by atoms with Gasteiger partial charge >= 0.3 is 5.97 Å². The first-order valence-electron chi connectivity index (χ1n) is 4.36. The van der Waals surface area contributed by atoms with E-state index < -0.39 is 5.97 Å². The van der Waals surface area contributed by atoms with Gasteiger partial charge in [0.15, 0.2) is 11.5 Å². The molecule has 15 heavy (non-hydrogen) atoms. The molecule has 0 bridgehead atoms. The fourth-order valence-corrected chi connectivity index (χ4v) is 1.54. The number of nitrogen functional groups attached to an aromatic ring is 1. The van der Waals surface area contributed by atoms with Crippen LogP contribution in [0.5, 0.6) is 0 Å². The van der Waals surface area contributed by atoms with E-state index in [9.17, 15) is 4.79 Å². The van der Waals surface area contributed by atoms with E-state index in [4.69, 9.17) is 10.8 Å². The van der Waals surface area contributed by atoms with Crippen LogP contribution in [0.3, 0.4) is 0 Å². The first-order chi connectivity index (χ1) is 7.00. The summed E-state index contributed by atoms with van der Waals surface area (Å²) >= 11 is 0. The predicted octanol–water partition coefficient (Wildman–Crippen LogP) is 0.627. The molecule has 0 spiro atoms. The van der Waals surface area contributed by atoms with Gasteiger partial charge in [0.05, 0.1) is 0 Å². The van der Waals surface area contributed by atoms with Crippen LogP contribution in [0.1, 0.15) is 21.7 Å². The van der Waals surface area contributed by atoms with Crippen LogP contribution in [-0.2, 0) is 0 Å². The van der Waals surface area contributed by atoms with Gasteiger partial charge in [0.2, 0.25) is 0 Å². The third-order valence-electron chi connectivity index (χ3n) is 2.14. The van der Waals surface area contributed by atoms with Crippen molar-refractivity contribution in [2.24, 2.45) is 0 Å². The fraction of sp³-hybridized carbons (Fsp3) is 0.222. The topological polar surface area (TPSA) is 93.5 Å². The lowest BCUT2D eigenvalue weighted by Gasteiger charge is -1.99. The lowest BCUT2D eigenvalue weighted by Crippen LogP contribution is -2.02. The summed E-state index contributed by atoms with van der Waals surface area (Å²) in [5, 5.41) is 12.9. The molecule has 0 radical (unpaired) electrons. The molecular weight excluding hydrogens is 196 g/mol. The highest BCUT2D eigenvalue weighted by Crippen LogP contribution is 2.17. The van der Waals surface area contributed by atoms with E-state index in [1.54, 1.807) is 6.92 Å². The van der Waals surface area contributed by atoms with Crippen molar-refractivity contribution in [1.29, 1.82) is 0 Å². The van der Waals surface area contributed by atoms with E-state index in [2.05, 4.69) is 10.1 Å². The molecule has 3 N–H and O–H groups in total. The minimum Gasteiger partial charge on any atom is -0.477 e. The van der Waals surface area contributed by atoms with Crippen molar-refractivity contribution in [3.05, 3.63) is 23.0 Å². The van der Waals surface area contributed by atoms with Crippen LogP contribution in [0.2, 0.25) is 0 Å². The fourth-order valence-electron chi connectivity index (χ4n) is 1.54. The lowest BCUT2D eigenvalue weighted by atomic mass is 10.3. The van der Waals surface area contributed by atoms with Gasteiger partial charge < -0.3 is 10.8 Å². The van der Waals surface area contributed by atoms with E-state index in [1.165, 1.54) is 4.52 Å². The van der Waals surface area contributed by atoms with E-state index in [0.717, 1.165) is 11.4 Å². The van der Waals surface area contributed by atoms with E-state index in [1.807, 2.05) is 13.0 Å². The molecule has 0 fully saturated rings. The molecule has 0 aliphatic rings. The first kappa shape index (κ1) is 9.45. The van der Waals surface area contributed by atoms with Crippen LogP contribution >= 0.6 is 0 Å². The molecule has 6 heteroatoms. The molecule has 2 rings (SSSR count). The average molecular weight is 206 g/mol. The zero-order valence-electron chi connectivity index (χ0n) is 8.35. The molecule has 2 heterocycles. The summed E-state index contributed by atoms with van der Waals surface area (Å²) in [6.07, 6.45) is 0. The number of carbonyl (C=O) groups is 1. The van der Waals surface area contributed by atoms with E-state index in [-0.39, 0.29) is 17.0 Å². The molecule has 0 amide bonds. The Kier molecular flexibility index (Phi) is 1.85. The standard InChI is InChI=1S/C9H10N4O2/c1-4-3-5(2)13-8(11-4)6(9(14)15)7(10)12-13/h3H,1-2H3,(H2,10,12)(H,14,15). The van der Waals surface area contributed by atoms with E-state index in [0.29, 0.717) is 0 Å². The third-order valence-corrected chi connectivity index (χ3v) is 2.14. The maximum absolute atomic E-state index is 10.9. The zero-order chi connectivity index (χ0) is 11.2. The van der Waals surface area contributed by atoms with Crippen molar-refractivity contribution in [2.75, 3.05) is 5.73 Å². The average Bonchev–Trinajstić information content (AvgIpc) is 2.41.